The predicted octanol–water partition coefficient (Wildman–Crippen LogP) is 0.653. The van der Waals surface area contributed by atoms with E-state index < -0.39 is 0 Å². The molecule has 1 saturated heterocycles. The Morgan fingerprint density at radius 3 is 2.82 bits per heavy atom. The lowest BCUT2D eigenvalue weighted by molar-refractivity contribution is -0.122. The molecule has 1 saturated carbocycles. The average molecular weight is 240 g/mol. The van der Waals surface area contributed by atoms with Gasteiger partial charge in [0.25, 0.3) is 0 Å². The molecule has 2 rings (SSSR count). The highest BCUT2D eigenvalue weighted by atomic mass is 16.3. The maximum atomic E-state index is 11.7. The first-order valence-electron chi connectivity index (χ1n) is 6.93. The molecule has 0 bridgehead atoms. The van der Waals surface area contributed by atoms with Gasteiger partial charge in [0, 0.05) is 13.2 Å². The van der Waals surface area contributed by atoms with Crippen LogP contribution in [0.25, 0.3) is 0 Å². The summed E-state index contributed by atoms with van der Waals surface area (Å²) in [7, 11) is 0. The summed E-state index contributed by atoms with van der Waals surface area (Å²) in [6.45, 7) is 1.99. The standard InChI is InChI=1S/C13H24N2O2/c16-9-11-5-3-4-10(11)8-15-12-6-1-2-7-14-13(12)17/h10-12,15-16H,1-9H2,(H,14,17). The minimum absolute atomic E-state index is 0.0163. The van der Waals surface area contributed by atoms with Crippen LogP contribution in [0.15, 0.2) is 0 Å². The van der Waals surface area contributed by atoms with E-state index in [0.717, 1.165) is 38.8 Å². The molecule has 4 heteroatoms. The van der Waals surface area contributed by atoms with Crippen LogP contribution < -0.4 is 10.6 Å². The molecular formula is C13H24N2O2. The van der Waals surface area contributed by atoms with E-state index in [1.165, 1.54) is 12.8 Å². The van der Waals surface area contributed by atoms with Gasteiger partial charge in [-0.25, -0.2) is 0 Å². The van der Waals surface area contributed by atoms with Crippen molar-refractivity contribution < 1.29 is 9.90 Å². The Bertz CT molecular complexity index is 258. The maximum Gasteiger partial charge on any atom is 0.237 e. The third-order valence-electron chi connectivity index (χ3n) is 4.21. The van der Waals surface area contributed by atoms with Gasteiger partial charge in [-0.2, -0.15) is 0 Å². The topological polar surface area (TPSA) is 61.4 Å². The number of carbonyl (C=O) groups excluding carboxylic acids is 1. The first-order chi connectivity index (χ1) is 8.31. The molecule has 3 atom stereocenters. The molecule has 1 amide bonds. The summed E-state index contributed by atoms with van der Waals surface area (Å²) in [5.41, 5.74) is 0. The van der Waals surface area contributed by atoms with Crippen LogP contribution in [0.4, 0.5) is 0 Å². The monoisotopic (exact) mass is 240 g/mol. The first-order valence-corrected chi connectivity index (χ1v) is 6.93. The molecule has 17 heavy (non-hydrogen) atoms. The molecule has 2 aliphatic rings. The Labute approximate surface area is 103 Å². The molecular weight excluding hydrogens is 216 g/mol. The van der Waals surface area contributed by atoms with Crippen molar-refractivity contribution in [2.75, 3.05) is 19.7 Å². The third kappa shape index (κ3) is 3.42. The zero-order valence-electron chi connectivity index (χ0n) is 10.5. The SMILES string of the molecule is O=C1NCCCCC1NCC1CCCC1CO. The van der Waals surface area contributed by atoms with Crippen LogP contribution in [-0.4, -0.2) is 36.8 Å². The lowest BCUT2D eigenvalue weighted by atomic mass is 9.96. The van der Waals surface area contributed by atoms with E-state index in [2.05, 4.69) is 10.6 Å². The number of nitrogens with one attached hydrogen (secondary N) is 2. The zero-order valence-corrected chi connectivity index (χ0v) is 10.5. The summed E-state index contributed by atoms with van der Waals surface area (Å²) >= 11 is 0. The van der Waals surface area contributed by atoms with Crippen molar-refractivity contribution in [1.29, 1.82) is 0 Å². The molecule has 0 spiro atoms. The van der Waals surface area contributed by atoms with E-state index in [9.17, 15) is 9.90 Å². The molecule has 1 aliphatic heterocycles. The molecule has 2 fully saturated rings. The van der Waals surface area contributed by atoms with Gasteiger partial charge >= 0.3 is 0 Å². The van der Waals surface area contributed by atoms with Gasteiger partial charge in [0.2, 0.25) is 5.91 Å². The Balaban J connectivity index is 1.78. The number of rotatable bonds is 4. The van der Waals surface area contributed by atoms with Gasteiger partial charge in [0.1, 0.15) is 0 Å². The molecule has 1 aliphatic carbocycles. The van der Waals surface area contributed by atoms with Crippen LogP contribution in [0.3, 0.4) is 0 Å². The fourth-order valence-corrected chi connectivity index (χ4v) is 3.05. The van der Waals surface area contributed by atoms with Gasteiger partial charge in [0.15, 0.2) is 0 Å². The molecule has 3 unspecified atom stereocenters. The normalized spacial score (nSPS) is 34.4. The molecule has 98 valence electrons. The summed E-state index contributed by atoms with van der Waals surface area (Å²) in [5.74, 6) is 1.15. The van der Waals surface area contributed by atoms with Gasteiger partial charge in [-0.3, -0.25) is 4.79 Å². The lowest BCUT2D eigenvalue weighted by Gasteiger charge is -2.21. The Kier molecular flexibility index (Phi) is 4.80. The molecule has 0 aromatic carbocycles. The van der Waals surface area contributed by atoms with Crippen LogP contribution in [0, 0.1) is 11.8 Å². The maximum absolute atomic E-state index is 11.7. The van der Waals surface area contributed by atoms with Crippen molar-refractivity contribution in [3.63, 3.8) is 0 Å². The smallest absolute Gasteiger partial charge is 0.237 e. The Morgan fingerprint density at radius 2 is 2.00 bits per heavy atom. The van der Waals surface area contributed by atoms with Gasteiger partial charge < -0.3 is 15.7 Å². The van der Waals surface area contributed by atoms with E-state index in [0.29, 0.717) is 18.4 Å². The number of hydrogen-bond acceptors (Lipinski definition) is 3. The Hall–Kier alpha value is -0.610. The summed E-state index contributed by atoms with van der Waals surface area (Å²) < 4.78 is 0. The molecule has 3 N–H and O–H groups in total. The number of amides is 1. The van der Waals surface area contributed by atoms with Gasteiger partial charge in [-0.15, -0.1) is 0 Å². The molecule has 4 nitrogen and oxygen atoms in total. The minimum Gasteiger partial charge on any atom is -0.396 e. The summed E-state index contributed by atoms with van der Waals surface area (Å²) in [5, 5.41) is 15.6. The van der Waals surface area contributed by atoms with Crippen molar-refractivity contribution in [1.82, 2.24) is 10.6 Å². The average Bonchev–Trinajstić information content (AvgIpc) is 2.70. The third-order valence-corrected chi connectivity index (χ3v) is 4.21. The number of aliphatic hydroxyl groups is 1. The van der Waals surface area contributed by atoms with Crippen molar-refractivity contribution in [3.8, 4) is 0 Å². The second kappa shape index (κ2) is 6.36. The predicted molar refractivity (Wildman–Crippen MR) is 66.6 cm³/mol. The molecule has 0 aromatic heterocycles. The highest BCUT2D eigenvalue weighted by molar-refractivity contribution is 5.81. The Morgan fingerprint density at radius 1 is 1.18 bits per heavy atom. The van der Waals surface area contributed by atoms with E-state index in [1.807, 2.05) is 0 Å². The summed E-state index contributed by atoms with van der Waals surface area (Å²) in [4.78, 5) is 11.7. The molecule has 0 aromatic rings. The van der Waals surface area contributed by atoms with Crippen molar-refractivity contribution in [2.45, 2.75) is 44.6 Å². The van der Waals surface area contributed by atoms with Gasteiger partial charge in [-0.05, 0) is 50.5 Å². The second-order valence-corrected chi connectivity index (χ2v) is 5.38. The van der Waals surface area contributed by atoms with Crippen LogP contribution in [0.5, 0.6) is 0 Å². The van der Waals surface area contributed by atoms with Crippen LogP contribution >= 0.6 is 0 Å². The van der Waals surface area contributed by atoms with Crippen LogP contribution in [0.1, 0.15) is 38.5 Å². The largest absolute Gasteiger partial charge is 0.396 e. The van der Waals surface area contributed by atoms with Crippen molar-refractivity contribution >= 4 is 5.91 Å². The fraction of sp³-hybridized carbons (Fsp3) is 0.923. The summed E-state index contributed by atoms with van der Waals surface area (Å²) in [6, 6.07) is -0.0163. The number of aliphatic hydroxyl groups excluding tert-OH is 1. The molecule has 1 heterocycles. The van der Waals surface area contributed by atoms with Gasteiger partial charge in [-0.1, -0.05) is 6.42 Å². The molecule has 0 radical (unpaired) electrons. The van der Waals surface area contributed by atoms with E-state index in [1.54, 1.807) is 0 Å². The number of carbonyl (C=O) groups is 1. The van der Waals surface area contributed by atoms with E-state index in [-0.39, 0.29) is 11.9 Å². The number of hydrogen-bond donors (Lipinski definition) is 3. The fourth-order valence-electron chi connectivity index (χ4n) is 3.05. The highest BCUT2D eigenvalue weighted by Gasteiger charge is 2.28. The lowest BCUT2D eigenvalue weighted by Crippen LogP contribution is -2.45. The summed E-state index contributed by atoms with van der Waals surface area (Å²) in [6.07, 6.45) is 6.69. The van der Waals surface area contributed by atoms with Crippen molar-refractivity contribution in [3.05, 3.63) is 0 Å². The van der Waals surface area contributed by atoms with Crippen LogP contribution in [-0.2, 0) is 4.79 Å². The van der Waals surface area contributed by atoms with Gasteiger partial charge in [0.05, 0.1) is 6.04 Å². The quantitative estimate of drug-likeness (QED) is 0.676. The second-order valence-electron chi connectivity index (χ2n) is 5.38. The van der Waals surface area contributed by atoms with E-state index >= 15 is 0 Å². The highest BCUT2D eigenvalue weighted by Crippen LogP contribution is 2.30. The first kappa shape index (κ1) is 12.8. The minimum atomic E-state index is -0.0163. The van der Waals surface area contributed by atoms with Crippen molar-refractivity contribution in [2.24, 2.45) is 11.8 Å². The zero-order chi connectivity index (χ0) is 12.1. The van der Waals surface area contributed by atoms with E-state index in [4.69, 9.17) is 0 Å². The van der Waals surface area contributed by atoms with Crippen LogP contribution in [0.2, 0.25) is 0 Å².